The lowest BCUT2D eigenvalue weighted by molar-refractivity contribution is -0.133. The Hall–Kier alpha value is -1.00. The van der Waals surface area contributed by atoms with Crippen molar-refractivity contribution < 1.29 is 13.6 Å². The summed E-state index contributed by atoms with van der Waals surface area (Å²) < 4.78 is 20.1. The van der Waals surface area contributed by atoms with Gasteiger partial charge in [-0.15, -0.1) is 0 Å². The van der Waals surface area contributed by atoms with Gasteiger partial charge in [-0.05, 0) is 68.6 Å². The van der Waals surface area contributed by atoms with Gasteiger partial charge in [0.2, 0.25) is 0 Å². The van der Waals surface area contributed by atoms with E-state index in [0.717, 1.165) is 38.5 Å². The Morgan fingerprint density at radius 2 is 1.55 bits per heavy atom. The summed E-state index contributed by atoms with van der Waals surface area (Å²) in [6.07, 6.45) is 6.18. The lowest BCUT2D eigenvalue weighted by atomic mass is 9.51. The molecule has 0 spiro atoms. The van der Waals surface area contributed by atoms with Crippen LogP contribution in [0.1, 0.15) is 51.0 Å². The summed E-state index contributed by atoms with van der Waals surface area (Å²) in [6, 6.07) is 7.49. The predicted molar refractivity (Wildman–Crippen MR) is 78.0 cm³/mol. The monoisotopic (exact) mass is 292 g/mol. The van der Waals surface area contributed by atoms with Crippen LogP contribution in [-0.2, 0) is 21.3 Å². The Labute approximate surface area is 122 Å². The van der Waals surface area contributed by atoms with E-state index in [9.17, 15) is 9.00 Å². The maximum absolute atomic E-state index is 11.9. The summed E-state index contributed by atoms with van der Waals surface area (Å²) in [5, 5.41) is 0. The molecule has 20 heavy (non-hydrogen) atoms. The van der Waals surface area contributed by atoms with Gasteiger partial charge in [0.25, 0.3) is 0 Å². The van der Waals surface area contributed by atoms with Crippen molar-refractivity contribution in [3.63, 3.8) is 0 Å². The number of rotatable bonds is 3. The molecule has 4 heteroatoms. The zero-order chi connectivity index (χ0) is 14.4. The van der Waals surface area contributed by atoms with Crippen molar-refractivity contribution >= 4 is 16.9 Å². The van der Waals surface area contributed by atoms with Gasteiger partial charge in [-0.3, -0.25) is 4.79 Å². The molecule has 3 aliphatic carbocycles. The van der Waals surface area contributed by atoms with Crippen molar-refractivity contribution in [2.75, 3.05) is 0 Å². The Balaban J connectivity index is 1.86. The highest BCUT2D eigenvalue weighted by Gasteiger charge is 2.51. The highest BCUT2D eigenvalue weighted by atomic mass is 32.2. The molecule has 0 saturated heterocycles. The van der Waals surface area contributed by atoms with Crippen molar-refractivity contribution in [3.8, 4) is 0 Å². The Bertz CT molecular complexity index is 537. The van der Waals surface area contributed by atoms with Crippen LogP contribution >= 0.6 is 0 Å². The quantitative estimate of drug-likeness (QED) is 0.868. The van der Waals surface area contributed by atoms with Crippen LogP contribution in [0.5, 0.6) is 0 Å². The van der Waals surface area contributed by atoms with Crippen LogP contribution in [0.4, 0.5) is 0 Å². The average molecular weight is 292 g/mol. The Morgan fingerprint density at radius 1 is 1.05 bits per heavy atom. The first-order chi connectivity index (χ1) is 9.47. The standard InChI is InChI=1S/C16H20O3S/c1-12(17)15-6-9-16(10-7-15,11-8-15)13-2-4-14(5-3-13)20(18)19/h2-5H,6-11H2,1H3,(H,18,19). The number of hydrogen-bond acceptors (Lipinski definition) is 2. The SMILES string of the molecule is CC(=O)C12CCC(c3ccc(S(=O)O)cc3)(CC1)CC2. The molecule has 1 N–H and O–H groups in total. The lowest BCUT2D eigenvalue weighted by Crippen LogP contribution is -2.47. The number of Topliss-reactive ketones (excluding diaryl/α,β-unsaturated/α-hetero) is 1. The van der Waals surface area contributed by atoms with Gasteiger partial charge in [-0.1, -0.05) is 12.1 Å². The molecule has 0 heterocycles. The Kier molecular flexibility index (Phi) is 3.33. The van der Waals surface area contributed by atoms with Crippen molar-refractivity contribution in [2.45, 2.75) is 55.8 Å². The van der Waals surface area contributed by atoms with Crippen molar-refractivity contribution in [1.29, 1.82) is 0 Å². The summed E-state index contributed by atoms with van der Waals surface area (Å²) in [7, 11) is 0. The van der Waals surface area contributed by atoms with Crippen molar-refractivity contribution in [3.05, 3.63) is 29.8 Å². The summed E-state index contributed by atoms with van der Waals surface area (Å²) in [5.41, 5.74) is 1.41. The van der Waals surface area contributed by atoms with Gasteiger partial charge in [0, 0.05) is 5.41 Å². The molecule has 3 aliphatic rings. The van der Waals surface area contributed by atoms with E-state index in [4.69, 9.17) is 4.55 Å². The second-order valence-electron chi connectivity index (χ2n) is 6.39. The van der Waals surface area contributed by atoms with Gasteiger partial charge in [0.1, 0.15) is 5.78 Å². The minimum absolute atomic E-state index is 0.0473. The van der Waals surface area contributed by atoms with Gasteiger partial charge in [-0.25, -0.2) is 4.21 Å². The smallest absolute Gasteiger partial charge is 0.186 e. The second kappa shape index (κ2) is 4.78. The first-order valence-corrected chi connectivity index (χ1v) is 8.31. The van der Waals surface area contributed by atoms with Crippen molar-refractivity contribution in [1.82, 2.24) is 0 Å². The fraction of sp³-hybridized carbons (Fsp3) is 0.562. The average Bonchev–Trinajstić information content (AvgIpc) is 2.49. The zero-order valence-electron chi connectivity index (χ0n) is 11.7. The van der Waals surface area contributed by atoms with Gasteiger partial charge >= 0.3 is 0 Å². The minimum Gasteiger partial charge on any atom is -0.302 e. The first kappa shape index (κ1) is 14.0. The molecule has 1 aromatic carbocycles. The third-order valence-electron chi connectivity index (χ3n) is 5.66. The van der Waals surface area contributed by atoms with E-state index in [1.54, 1.807) is 19.1 Å². The van der Waals surface area contributed by atoms with E-state index in [1.165, 1.54) is 5.56 Å². The fourth-order valence-corrected chi connectivity index (χ4v) is 4.44. The maximum atomic E-state index is 11.9. The van der Waals surface area contributed by atoms with E-state index >= 15 is 0 Å². The summed E-state index contributed by atoms with van der Waals surface area (Å²) >= 11 is -1.91. The van der Waals surface area contributed by atoms with Crippen LogP contribution in [0.3, 0.4) is 0 Å². The van der Waals surface area contributed by atoms with Crippen LogP contribution in [0.15, 0.2) is 29.2 Å². The van der Waals surface area contributed by atoms with Crippen LogP contribution in [0.2, 0.25) is 0 Å². The zero-order valence-corrected chi connectivity index (χ0v) is 12.5. The van der Waals surface area contributed by atoms with Crippen molar-refractivity contribution in [2.24, 2.45) is 5.41 Å². The minimum atomic E-state index is -1.91. The van der Waals surface area contributed by atoms with Gasteiger partial charge in [0.15, 0.2) is 11.1 Å². The molecule has 1 unspecified atom stereocenters. The predicted octanol–water partition coefficient (Wildman–Crippen LogP) is 3.45. The molecule has 0 radical (unpaired) electrons. The number of ketones is 1. The first-order valence-electron chi connectivity index (χ1n) is 7.20. The van der Waals surface area contributed by atoms with E-state index in [-0.39, 0.29) is 10.8 Å². The fourth-order valence-electron chi connectivity index (χ4n) is 4.07. The van der Waals surface area contributed by atoms with Crippen LogP contribution in [0.25, 0.3) is 0 Å². The highest BCUT2D eigenvalue weighted by molar-refractivity contribution is 7.79. The number of benzene rings is 1. The molecule has 1 aromatic rings. The van der Waals surface area contributed by atoms with Crippen LogP contribution < -0.4 is 0 Å². The molecule has 4 rings (SSSR count). The summed E-state index contributed by atoms with van der Waals surface area (Å²) in [4.78, 5) is 12.3. The number of fused-ring (bicyclic) bond motifs is 3. The number of hydrogen-bond donors (Lipinski definition) is 1. The highest BCUT2D eigenvalue weighted by Crippen LogP contribution is 2.58. The van der Waals surface area contributed by atoms with E-state index in [0.29, 0.717) is 10.7 Å². The molecular weight excluding hydrogens is 272 g/mol. The molecule has 108 valence electrons. The third-order valence-corrected chi connectivity index (χ3v) is 6.34. The van der Waals surface area contributed by atoms with Gasteiger partial charge in [-0.2, -0.15) is 0 Å². The molecule has 0 amide bonds. The molecule has 0 aromatic heterocycles. The number of carbonyl (C=O) groups is 1. The van der Waals surface area contributed by atoms with Crippen LogP contribution in [-0.4, -0.2) is 14.5 Å². The molecule has 3 fully saturated rings. The van der Waals surface area contributed by atoms with E-state index < -0.39 is 11.1 Å². The number of carbonyl (C=O) groups excluding carboxylic acids is 1. The van der Waals surface area contributed by atoms with E-state index in [2.05, 4.69) is 0 Å². The molecule has 2 bridgehead atoms. The summed E-state index contributed by atoms with van der Waals surface area (Å²) in [6.45, 7) is 1.74. The topological polar surface area (TPSA) is 54.4 Å². The van der Waals surface area contributed by atoms with Gasteiger partial charge < -0.3 is 4.55 Å². The normalized spacial score (nSPS) is 33.9. The maximum Gasteiger partial charge on any atom is 0.186 e. The molecule has 1 atom stereocenters. The molecule has 3 nitrogen and oxygen atoms in total. The lowest BCUT2D eigenvalue weighted by Gasteiger charge is -2.52. The molecular formula is C16H20O3S. The Morgan fingerprint density at radius 3 is 1.95 bits per heavy atom. The largest absolute Gasteiger partial charge is 0.302 e. The molecule has 0 aliphatic heterocycles. The van der Waals surface area contributed by atoms with Crippen LogP contribution in [0, 0.1) is 5.41 Å². The summed E-state index contributed by atoms with van der Waals surface area (Å²) in [5.74, 6) is 0.358. The third kappa shape index (κ3) is 2.06. The van der Waals surface area contributed by atoms with E-state index in [1.807, 2.05) is 12.1 Å². The second-order valence-corrected chi connectivity index (χ2v) is 7.36. The van der Waals surface area contributed by atoms with Gasteiger partial charge in [0.05, 0.1) is 4.90 Å². The molecule has 3 saturated carbocycles.